The van der Waals surface area contributed by atoms with Crippen molar-refractivity contribution in [3.63, 3.8) is 0 Å². The predicted molar refractivity (Wildman–Crippen MR) is 91.3 cm³/mol. The summed E-state index contributed by atoms with van der Waals surface area (Å²) in [4.78, 5) is 28.9. The van der Waals surface area contributed by atoms with Gasteiger partial charge in [0.25, 0.3) is 0 Å². The lowest BCUT2D eigenvalue weighted by Crippen LogP contribution is -2.55. The van der Waals surface area contributed by atoms with E-state index in [0.29, 0.717) is 13.0 Å². The summed E-state index contributed by atoms with van der Waals surface area (Å²) in [5, 5.41) is 0. The van der Waals surface area contributed by atoms with Crippen LogP contribution in [0.4, 0.5) is 0 Å². The predicted octanol–water partition coefficient (Wildman–Crippen LogP) is 2.20. The maximum atomic E-state index is 12.7. The highest BCUT2D eigenvalue weighted by molar-refractivity contribution is 5.87. The van der Waals surface area contributed by atoms with Crippen LogP contribution in [0.15, 0.2) is 54.6 Å². The first-order valence-corrected chi connectivity index (χ1v) is 8.41. The first kappa shape index (κ1) is 14.9. The smallest absolute Gasteiger partial charge is 0.242 e. The third kappa shape index (κ3) is 2.68. The Kier molecular flexibility index (Phi) is 3.81. The Hall–Kier alpha value is -2.62. The molecule has 0 aliphatic carbocycles. The molecule has 2 aromatic rings. The number of hydrogen-bond acceptors (Lipinski definition) is 2. The Morgan fingerprint density at radius 1 is 1.04 bits per heavy atom. The second-order valence-electron chi connectivity index (χ2n) is 6.49. The first-order valence-electron chi connectivity index (χ1n) is 8.41. The van der Waals surface area contributed by atoms with Crippen molar-refractivity contribution in [1.29, 1.82) is 0 Å². The van der Waals surface area contributed by atoms with Crippen LogP contribution >= 0.6 is 0 Å². The summed E-state index contributed by atoms with van der Waals surface area (Å²) in [6, 6.07) is 18.0. The Bertz CT molecular complexity index is 772. The van der Waals surface area contributed by atoms with Gasteiger partial charge in [-0.25, -0.2) is 0 Å². The van der Waals surface area contributed by atoms with E-state index in [1.165, 1.54) is 11.1 Å². The highest BCUT2D eigenvalue weighted by Crippen LogP contribution is 2.33. The van der Waals surface area contributed by atoms with E-state index in [1.807, 2.05) is 47.4 Å². The molecule has 1 atom stereocenters. The monoisotopic (exact) mass is 320 g/mol. The van der Waals surface area contributed by atoms with Crippen molar-refractivity contribution in [3.05, 3.63) is 71.3 Å². The van der Waals surface area contributed by atoms with Gasteiger partial charge in [-0.3, -0.25) is 9.59 Å². The molecule has 2 aliphatic rings. The van der Waals surface area contributed by atoms with Crippen molar-refractivity contribution >= 4 is 11.8 Å². The molecular weight excluding hydrogens is 300 g/mol. The van der Waals surface area contributed by atoms with Crippen LogP contribution in [-0.2, 0) is 22.4 Å². The lowest BCUT2D eigenvalue weighted by molar-refractivity contribution is -0.149. The molecule has 2 aliphatic heterocycles. The van der Waals surface area contributed by atoms with Gasteiger partial charge < -0.3 is 9.80 Å². The van der Waals surface area contributed by atoms with Crippen LogP contribution in [0.2, 0.25) is 0 Å². The van der Waals surface area contributed by atoms with Crippen LogP contribution in [0.25, 0.3) is 0 Å². The lowest BCUT2D eigenvalue weighted by Gasteiger charge is -2.44. The number of hydrogen-bond donors (Lipinski definition) is 0. The number of benzene rings is 2. The average molecular weight is 320 g/mol. The molecule has 4 heteroatoms. The highest BCUT2D eigenvalue weighted by atomic mass is 16.2. The second kappa shape index (κ2) is 6.11. The zero-order valence-corrected chi connectivity index (χ0v) is 13.5. The molecule has 0 aromatic heterocycles. The van der Waals surface area contributed by atoms with Crippen molar-refractivity contribution in [2.45, 2.75) is 18.9 Å². The van der Waals surface area contributed by atoms with Crippen LogP contribution < -0.4 is 0 Å². The molecule has 0 unspecified atom stereocenters. The number of piperazine rings is 1. The molecule has 2 amide bonds. The number of nitrogens with zero attached hydrogens (tertiary/aromatic N) is 2. The third-order valence-corrected chi connectivity index (χ3v) is 5.00. The molecule has 2 aromatic carbocycles. The normalized spacial score (nSPS) is 19.7. The van der Waals surface area contributed by atoms with Gasteiger partial charge in [-0.2, -0.15) is 0 Å². The summed E-state index contributed by atoms with van der Waals surface area (Å²) >= 11 is 0. The van der Waals surface area contributed by atoms with Gasteiger partial charge in [0, 0.05) is 13.1 Å². The second-order valence-corrected chi connectivity index (χ2v) is 6.49. The largest absolute Gasteiger partial charge is 0.332 e. The average Bonchev–Trinajstić information content (AvgIpc) is 2.62. The standard InChI is InChI=1S/C20H20N2O2/c23-19(12-15-6-2-1-3-7-15)21-13-18-17-9-5-4-8-16(17)10-11-22(18)20(24)14-21/h1-9,18H,10-14H2/t18-/m1/s1. The number of carbonyl (C=O) groups is 2. The van der Waals surface area contributed by atoms with E-state index in [-0.39, 0.29) is 24.4 Å². The van der Waals surface area contributed by atoms with E-state index < -0.39 is 0 Å². The molecule has 24 heavy (non-hydrogen) atoms. The Labute approximate surface area is 141 Å². The van der Waals surface area contributed by atoms with Crippen molar-refractivity contribution in [3.8, 4) is 0 Å². The molecule has 4 nitrogen and oxygen atoms in total. The zero-order chi connectivity index (χ0) is 16.5. The van der Waals surface area contributed by atoms with Gasteiger partial charge in [-0.1, -0.05) is 54.6 Å². The number of fused-ring (bicyclic) bond motifs is 3. The fraction of sp³-hybridized carbons (Fsp3) is 0.300. The minimum absolute atomic E-state index is 0.00377. The maximum Gasteiger partial charge on any atom is 0.242 e. The zero-order valence-electron chi connectivity index (χ0n) is 13.5. The molecule has 0 bridgehead atoms. The van der Waals surface area contributed by atoms with Crippen LogP contribution in [0.5, 0.6) is 0 Å². The van der Waals surface area contributed by atoms with E-state index in [4.69, 9.17) is 0 Å². The molecule has 122 valence electrons. The molecule has 2 heterocycles. The van der Waals surface area contributed by atoms with Crippen molar-refractivity contribution in [1.82, 2.24) is 9.80 Å². The molecule has 0 N–H and O–H groups in total. The summed E-state index contributed by atoms with van der Waals surface area (Å²) in [5.74, 6) is 0.0828. The van der Waals surface area contributed by atoms with Crippen molar-refractivity contribution in [2.75, 3.05) is 19.6 Å². The summed E-state index contributed by atoms with van der Waals surface area (Å²) in [5.41, 5.74) is 3.47. The van der Waals surface area contributed by atoms with Crippen LogP contribution in [0.1, 0.15) is 22.7 Å². The van der Waals surface area contributed by atoms with Crippen molar-refractivity contribution in [2.24, 2.45) is 0 Å². The van der Waals surface area contributed by atoms with Gasteiger partial charge in [0.2, 0.25) is 11.8 Å². The van der Waals surface area contributed by atoms with E-state index in [0.717, 1.165) is 18.5 Å². The third-order valence-electron chi connectivity index (χ3n) is 5.00. The first-order chi connectivity index (χ1) is 11.7. The quantitative estimate of drug-likeness (QED) is 0.851. The van der Waals surface area contributed by atoms with Crippen LogP contribution in [-0.4, -0.2) is 41.2 Å². The van der Waals surface area contributed by atoms with Gasteiger partial charge in [0.05, 0.1) is 19.0 Å². The molecule has 1 saturated heterocycles. The number of amides is 2. The SMILES string of the molecule is O=C(Cc1ccccc1)N1CC(=O)N2CCc3ccccc3[C@H]2C1. The fourth-order valence-corrected chi connectivity index (χ4v) is 3.75. The summed E-state index contributed by atoms with van der Waals surface area (Å²) < 4.78 is 0. The van der Waals surface area contributed by atoms with Crippen molar-refractivity contribution < 1.29 is 9.59 Å². The molecule has 1 fully saturated rings. The highest BCUT2D eigenvalue weighted by Gasteiger charge is 2.38. The molecule has 0 radical (unpaired) electrons. The Morgan fingerprint density at radius 3 is 2.62 bits per heavy atom. The lowest BCUT2D eigenvalue weighted by atomic mass is 9.90. The molecule has 0 spiro atoms. The Balaban J connectivity index is 1.56. The Morgan fingerprint density at radius 2 is 1.79 bits per heavy atom. The minimum Gasteiger partial charge on any atom is -0.332 e. The number of carbonyl (C=O) groups excluding carboxylic acids is 2. The fourth-order valence-electron chi connectivity index (χ4n) is 3.75. The van der Waals surface area contributed by atoms with Gasteiger partial charge in [-0.15, -0.1) is 0 Å². The summed E-state index contributed by atoms with van der Waals surface area (Å²) in [7, 11) is 0. The van der Waals surface area contributed by atoms with Crippen LogP contribution in [0, 0.1) is 0 Å². The number of rotatable bonds is 2. The van der Waals surface area contributed by atoms with Gasteiger partial charge in [-0.05, 0) is 23.1 Å². The van der Waals surface area contributed by atoms with E-state index in [9.17, 15) is 9.59 Å². The summed E-state index contributed by atoms with van der Waals surface area (Å²) in [6.45, 7) is 1.54. The van der Waals surface area contributed by atoms with E-state index in [1.54, 1.807) is 4.90 Å². The van der Waals surface area contributed by atoms with Crippen LogP contribution in [0.3, 0.4) is 0 Å². The minimum atomic E-state index is -0.00377. The topological polar surface area (TPSA) is 40.6 Å². The van der Waals surface area contributed by atoms with Gasteiger partial charge in [0.15, 0.2) is 0 Å². The maximum absolute atomic E-state index is 12.7. The van der Waals surface area contributed by atoms with E-state index in [2.05, 4.69) is 12.1 Å². The summed E-state index contributed by atoms with van der Waals surface area (Å²) in [6.07, 6.45) is 1.25. The van der Waals surface area contributed by atoms with Gasteiger partial charge >= 0.3 is 0 Å². The molecule has 0 saturated carbocycles. The van der Waals surface area contributed by atoms with Gasteiger partial charge in [0.1, 0.15) is 0 Å². The molecule has 4 rings (SSSR count). The van der Waals surface area contributed by atoms with E-state index >= 15 is 0 Å². The molecular formula is C20H20N2O2.